The Hall–Kier alpha value is -1.10. The lowest BCUT2D eigenvalue weighted by Crippen LogP contribution is -2.33. The standard InChI is InChI=1S/C15H20BrNO3/c1-12-6-5-7-13(17(18)19)14(12)20-11-15(10-16)8-3-2-4-9-15/h5-7H,2-4,8-11H2,1H3. The molecule has 0 aromatic heterocycles. The van der Waals surface area contributed by atoms with Crippen molar-refractivity contribution in [3.8, 4) is 5.75 Å². The van der Waals surface area contributed by atoms with E-state index in [9.17, 15) is 10.1 Å². The van der Waals surface area contributed by atoms with E-state index in [1.165, 1.54) is 25.3 Å². The van der Waals surface area contributed by atoms with Gasteiger partial charge in [0, 0.05) is 16.8 Å². The molecule has 4 nitrogen and oxygen atoms in total. The minimum Gasteiger partial charge on any atom is -0.486 e. The van der Waals surface area contributed by atoms with Crippen molar-refractivity contribution in [2.45, 2.75) is 39.0 Å². The minimum atomic E-state index is -0.371. The lowest BCUT2D eigenvalue weighted by atomic mass is 9.76. The van der Waals surface area contributed by atoms with Crippen molar-refractivity contribution in [1.29, 1.82) is 0 Å². The Morgan fingerprint density at radius 1 is 1.35 bits per heavy atom. The van der Waals surface area contributed by atoms with Crippen molar-refractivity contribution in [2.24, 2.45) is 5.41 Å². The summed E-state index contributed by atoms with van der Waals surface area (Å²) >= 11 is 3.59. The van der Waals surface area contributed by atoms with Crippen LogP contribution in [0.15, 0.2) is 18.2 Å². The number of nitro groups is 1. The molecular weight excluding hydrogens is 322 g/mol. The molecule has 20 heavy (non-hydrogen) atoms. The van der Waals surface area contributed by atoms with Gasteiger partial charge in [-0.1, -0.05) is 47.3 Å². The Bertz CT molecular complexity index is 484. The predicted octanol–water partition coefficient (Wildman–Crippen LogP) is 4.63. The average molecular weight is 342 g/mol. The third-order valence-electron chi connectivity index (χ3n) is 4.11. The summed E-state index contributed by atoms with van der Waals surface area (Å²) in [7, 11) is 0. The largest absolute Gasteiger partial charge is 0.486 e. The second-order valence-electron chi connectivity index (χ2n) is 5.66. The van der Waals surface area contributed by atoms with Crippen LogP contribution in [0.3, 0.4) is 0 Å². The second-order valence-corrected chi connectivity index (χ2v) is 6.22. The lowest BCUT2D eigenvalue weighted by Gasteiger charge is -2.35. The second kappa shape index (κ2) is 6.57. The van der Waals surface area contributed by atoms with Crippen LogP contribution >= 0.6 is 15.9 Å². The maximum atomic E-state index is 11.1. The molecule has 0 bridgehead atoms. The number of para-hydroxylation sites is 1. The molecule has 1 aliphatic carbocycles. The number of nitro benzene ring substituents is 1. The van der Waals surface area contributed by atoms with Crippen LogP contribution in [0.2, 0.25) is 0 Å². The molecule has 0 saturated heterocycles. The van der Waals surface area contributed by atoms with Gasteiger partial charge in [-0.25, -0.2) is 0 Å². The highest BCUT2D eigenvalue weighted by atomic mass is 79.9. The van der Waals surface area contributed by atoms with E-state index < -0.39 is 0 Å². The van der Waals surface area contributed by atoms with E-state index in [1.54, 1.807) is 6.07 Å². The Kier molecular flexibility index (Phi) is 5.02. The number of aryl methyl sites for hydroxylation is 1. The van der Waals surface area contributed by atoms with Crippen LogP contribution in [-0.2, 0) is 0 Å². The molecule has 0 spiro atoms. The summed E-state index contributed by atoms with van der Waals surface area (Å²) in [4.78, 5) is 10.7. The molecule has 1 saturated carbocycles. The van der Waals surface area contributed by atoms with Crippen LogP contribution in [0.5, 0.6) is 5.75 Å². The molecule has 0 N–H and O–H groups in total. The van der Waals surface area contributed by atoms with Crippen molar-refractivity contribution in [3.05, 3.63) is 33.9 Å². The summed E-state index contributed by atoms with van der Waals surface area (Å²) in [6, 6.07) is 5.05. The SMILES string of the molecule is Cc1cccc([N+](=O)[O-])c1OCC1(CBr)CCCCC1. The maximum Gasteiger partial charge on any atom is 0.311 e. The first kappa shape index (κ1) is 15.3. The van der Waals surface area contributed by atoms with Crippen LogP contribution in [-0.4, -0.2) is 16.9 Å². The van der Waals surface area contributed by atoms with Gasteiger partial charge in [-0.3, -0.25) is 10.1 Å². The third-order valence-corrected chi connectivity index (χ3v) is 5.30. The number of rotatable bonds is 5. The smallest absolute Gasteiger partial charge is 0.311 e. The molecule has 0 amide bonds. The molecule has 2 rings (SSSR count). The van der Waals surface area contributed by atoms with Crippen LogP contribution in [0.4, 0.5) is 5.69 Å². The monoisotopic (exact) mass is 341 g/mol. The zero-order valence-corrected chi connectivity index (χ0v) is 13.3. The Morgan fingerprint density at radius 3 is 2.65 bits per heavy atom. The van der Waals surface area contributed by atoms with Crippen molar-refractivity contribution < 1.29 is 9.66 Å². The number of hydrogen-bond acceptors (Lipinski definition) is 3. The van der Waals surface area contributed by atoms with Gasteiger partial charge in [-0.15, -0.1) is 0 Å². The molecule has 0 aliphatic heterocycles. The molecule has 0 radical (unpaired) electrons. The van der Waals surface area contributed by atoms with Crippen LogP contribution < -0.4 is 4.74 Å². The Labute approximate surface area is 127 Å². The van der Waals surface area contributed by atoms with Crippen molar-refractivity contribution in [1.82, 2.24) is 0 Å². The maximum absolute atomic E-state index is 11.1. The van der Waals surface area contributed by atoms with Gasteiger partial charge in [0.05, 0.1) is 11.5 Å². The molecule has 110 valence electrons. The molecule has 5 heteroatoms. The minimum absolute atomic E-state index is 0.0607. The molecule has 0 unspecified atom stereocenters. The van der Waals surface area contributed by atoms with E-state index in [4.69, 9.17) is 4.74 Å². The van der Waals surface area contributed by atoms with E-state index in [-0.39, 0.29) is 16.0 Å². The van der Waals surface area contributed by atoms with Gasteiger partial charge in [-0.05, 0) is 25.3 Å². The normalized spacial score (nSPS) is 17.7. The fourth-order valence-corrected chi connectivity index (χ4v) is 3.53. The van der Waals surface area contributed by atoms with E-state index in [1.807, 2.05) is 13.0 Å². The van der Waals surface area contributed by atoms with Crippen molar-refractivity contribution in [3.63, 3.8) is 0 Å². The first-order valence-electron chi connectivity index (χ1n) is 7.01. The number of halogens is 1. The summed E-state index contributed by atoms with van der Waals surface area (Å²) in [5, 5.41) is 12.0. The zero-order valence-electron chi connectivity index (χ0n) is 11.7. The Morgan fingerprint density at radius 2 is 2.05 bits per heavy atom. The molecule has 0 heterocycles. The molecule has 1 fully saturated rings. The Balaban J connectivity index is 2.15. The van der Waals surface area contributed by atoms with E-state index in [0.717, 1.165) is 23.7 Å². The van der Waals surface area contributed by atoms with E-state index in [2.05, 4.69) is 15.9 Å². The highest BCUT2D eigenvalue weighted by Crippen LogP contribution is 2.40. The number of hydrogen-bond donors (Lipinski definition) is 0. The van der Waals surface area contributed by atoms with Gasteiger partial charge in [0.25, 0.3) is 0 Å². The highest BCUT2D eigenvalue weighted by molar-refractivity contribution is 9.09. The van der Waals surface area contributed by atoms with Gasteiger partial charge < -0.3 is 4.74 Å². The molecule has 0 atom stereocenters. The third kappa shape index (κ3) is 3.32. The fourth-order valence-electron chi connectivity index (χ4n) is 2.81. The van der Waals surface area contributed by atoms with Crippen LogP contribution in [0, 0.1) is 22.5 Å². The quantitative estimate of drug-likeness (QED) is 0.445. The summed E-state index contributed by atoms with van der Waals surface area (Å²) < 4.78 is 5.89. The number of nitrogens with zero attached hydrogens (tertiary/aromatic N) is 1. The van der Waals surface area contributed by atoms with Gasteiger partial charge in [0.15, 0.2) is 5.75 Å². The predicted molar refractivity (Wildman–Crippen MR) is 82.6 cm³/mol. The summed E-state index contributed by atoms with van der Waals surface area (Å²) in [5.74, 6) is 0.420. The number of benzene rings is 1. The summed E-state index contributed by atoms with van der Waals surface area (Å²) in [6.45, 7) is 2.40. The average Bonchev–Trinajstić information content (AvgIpc) is 2.46. The first-order chi connectivity index (χ1) is 9.58. The topological polar surface area (TPSA) is 52.4 Å². The fraction of sp³-hybridized carbons (Fsp3) is 0.600. The summed E-state index contributed by atoms with van der Waals surface area (Å²) in [5.41, 5.74) is 0.999. The number of ether oxygens (including phenoxy) is 1. The van der Waals surface area contributed by atoms with E-state index in [0.29, 0.717) is 12.4 Å². The zero-order chi connectivity index (χ0) is 14.6. The number of alkyl halides is 1. The van der Waals surface area contributed by atoms with Crippen LogP contribution in [0.1, 0.15) is 37.7 Å². The summed E-state index contributed by atoms with van der Waals surface area (Å²) in [6.07, 6.45) is 5.95. The first-order valence-corrected chi connectivity index (χ1v) is 8.13. The van der Waals surface area contributed by atoms with Crippen LogP contribution in [0.25, 0.3) is 0 Å². The highest BCUT2D eigenvalue weighted by Gasteiger charge is 2.33. The van der Waals surface area contributed by atoms with E-state index >= 15 is 0 Å². The molecular formula is C15H20BrNO3. The van der Waals surface area contributed by atoms with Crippen molar-refractivity contribution in [2.75, 3.05) is 11.9 Å². The molecule has 1 aromatic rings. The van der Waals surface area contributed by atoms with Gasteiger partial charge >= 0.3 is 5.69 Å². The van der Waals surface area contributed by atoms with Gasteiger partial charge in [0.2, 0.25) is 0 Å². The van der Waals surface area contributed by atoms with Gasteiger partial charge in [0.1, 0.15) is 0 Å². The molecule has 1 aliphatic rings. The van der Waals surface area contributed by atoms with Crippen molar-refractivity contribution >= 4 is 21.6 Å². The lowest BCUT2D eigenvalue weighted by molar-refractivity contribution is -0.386. The molecule has 1 aromatic carbocycles. The van der Waals surface area contributed by atoms with Gasteiger partial charge in [-0.2, -0.15) is 0 Å².